The molecule has 4 heteroatoms. The zero-order valence-corrected chi connectivity index (χ0v) is 11.8. The molecule has 0 aliphatic heterocycles. The van der Waals surface area contributed by atoms with Crippen LogP contribution < -0.4 is 4.74 Å². The molecule has 0 aliphatic rings. The third kappa shape index (κ3) is 2.25. The van der Waals surface area contributed by atoms with Gasteiger partial charge in [0, 0.05) is 29.1 Å². The van der Waals surface area contributed by atoms with Gasteiger partial charge in [0.05, 0.1) is 7.11 Å². The Kier molecular flexibility index (Phi) is 3.67. The second-order valence-corrected chi connectivity index (χ2v) is 5.09. The quantitative estimate of drug-likeness (QED) is 0.762. The Balaban J connectivity index is 2.40. The number of methoxy groups -OCH3 is 1. The van der Waals surface area contributed by atoms with Crippen molar-refractivity contribution in [2.45, 2.75) is 18.9 Å². The molecule has 1 aromatic carbocycles. The zero-order chi connectivity index (χ0) is 13.3. The Hall–Kier alpha value is -1.42. The van der Waals surface area contributed by atoms with Gasteiger partial charge < -0.3 is 14.2 Å². The van der Waals surface area contributed by atoms with Crippen molar-refractivity contribution in [3.63, 3.8) is 0 Å². The molecule has 0 unspecified atom stereocenters. The fraction of sp³-hybridized carbons (Fsp3) is 0.429. The predicted molar refractivity (Wildman–Crippen MR) is 79.2 cm³/mol. The molecule has 0 N–H and O–H groups in total. The smallest absolute Gasteiger partial charge is 0.133 e. The van der Waals surface area contributed by atoms with Crippen LogP contribution in [0.4, 0.5) is 0 Å². The monoisotopic (exact) mass is 244 g/mol. The van der Waals surface area contributed by atoms with Crippen LogP contribution in [0.15, 0.2) is 30.5 Å². The van der Waals surface area contributed by atoms with Crippen LogP contribution in [0.3, 0.4) is 0 Å². The molecule has 0 spiro atoms. The second-order valence-electron chi connectivity index (χ2n) is 5.09. The summed E-state index contributed by atoms with van der Waals surface area (Å²) in [6.45, 7) is 2.25. The molecule has 2 aromatic rings. The van der Waals surface area contributed by atoms with Crippen molar-refractivity contribution in [1.29, 1.82) is 0 Å². The average molecular weight is 244 g/mol. The van der Waals surface area contributed by atoms with Crippen molar-refractivity contribution in [2.24, 2.45) is 0 Å². The van der Waals surface area contributed by atoms with Gasteiger partial charge in [0.25, 0.3) is 0 Å². The summed E-state index contributed by atoms with van der Waals surface area (Å²) in [7, 11) is 8.20. The minimum atomic E-state index is 0.436. The van der Waals surface area contributed by atoms with Crippen LogP contribution in [0, 0.1) is 0 Å². The Morgan fingerprint density at radius 2 is 2.00 bits per heavy atom. The van der Waals surface area contributed by atoms with Crippen molar-refractivity contribution in [3.05, 3.63) is 30.5 Å². The summed E-state index contributed by atoms with van der Waals surface area (Å²) in [5.74, 6) is 1.35. The van der Waals surface area contributed by atoms with Crippen LogP contribution in [0.1, 0.15) is 12.9 Å². The van der Waals surface area contributed by atoms with Gasteiger partial charge in [-0.05, 0) is 45.3 Å². The lowest BCUT2D eigenvalue weighted by atomic mass is 9.89. The van der Waals surface area contributed by atoms with Crippen LogP contribution in [-0.4, -0.2) is 44.6 Å². The van der Waals surface area contributed by atoms with Gasteiger partial charge in [-0.1, -0.05) is 0 Å². The van der Waals surface area contributed by atoms with E-state index < -0.39 is 0 Å². The first-order chi connectivity index (χ1) is 8.54. The van der Waals surface area contributed by atoms with E-state index in [1.165, 1.54) is 10.9 Å². The number of aromatic nitrogens is 1. The molecule has 3 nitrogen and oxygen atoms in total. The third-order valence-corrected chi connectivity index (χ3v) is 3.88. The number of ether oxygens (including phenoxy) is 1. The Labute approximate surface area is 110 Å². The fourth-order valence-corrected chi connectivity index (χ4v) is 2.29. The molecule has 0 fully saturated rings. The zero-order valence-electron chi connectivity index (χ0n) is 11.8. The number of nitrogens with zero attached hydrogens (tertiary/aromatic N) is 2. The number of fused-ring (bicyclic) bond motifs is 1. The van der Waals surface area contributed by atoms with E-state index in [1.54, 1.807) is 7.11 Å². The molecule has 0 amide bonds. The van der Waals surface area contributed by atoms with E-state index in [-0.39, 0.29) is 0 Å². The predicted octanol–water partition coefficient (Wildman–Crippen LogP) is 1.73. The number of rotatable bonds is 4. The minimum Gasteiger partial charge on any atom is -0.497 e. The molecular weight excluding hydrogens is 223 g/mol. The Morgan fingerprint density at radius 1 is 1.28 bits per heavy atom. The fourth-order valence-electron chi connectivity index (χ4n) is 2.29. The lowest BCUT2D eigenvalue weighted by Gasteiger charge is -2.28. The minimum absolute atomic E-state index is 0.436. The topological polar surface area (TPSA) is 17.4 Å². The van der Waals surface area contributed by atoms with Crippen LogP contribution in [0.25, 0.3) is 10.9 Å². The van der Waals surface area contributed by atoms with Gasteiger partial charge in [-0.25, -0.2) is 0 Å². The van der Waals surface area contributed by atoms with Gasteiger partial charge in [0.1, 0.15) is 13.6 Å². The van der Waals surface area contributed by atoms with E-state index in [2.05, 4.69) is 62.7 Å². The van der Waals surface area contributed by atoms with E-state index in [0.29, 0.717) is 12.0 Å². The number of benzene rings is 1. The maximum atomic E-state index is 5.26. The van der Waals surface area contributed by atoms with Crippen LogP contribution in [0.5, 0.6) is 5.75 Å². The maximum Gasteiger partial charge on any atom is 0.133 e. The molecule has 2 atom stereocenters. The summed E-state index contributed by atoms with van der Waals surface area (Å²) in [6.07, 6.45) is 2.16. The van der Waals surface area contributed by atoms with E-state index in [0.717, 1.165) is 5.75 Å². The lowest BCUT2D eigenvalue weighted by molar-refractivity contribution is 0.277. The Morgan fingerprint density at radius 3 is 2.61 bits per heavy atom. The van der Waals surface area contributed by atoms with Gasteiger partial charge in [-0.15, -0.1) is 0 Å². The molecule has 2 rings (SSSR count). The molecular formula is C14H21BN2O. The van der Waals surface area contributed by atoms with Crippen LogP contribution in [-0.2, 0) is 0 Å². The molecule has 96 valence electrons. The standard InChI is InChI=1S/C14H21BN2O/c1-10(16(2)3)14(15)17-8-7-11-9-12(18-4)5-6-13(11)17/h5-10,14H,15H2,1-4H3/t10-,14+/m1/s1. The van der Waals surface area contributed by atoms with Gasteiger partial charge in [0.15, 0.2) is 0 Å². The molecule has 0 bridgehead atoms. The van der Waals surface area contributed by atoms with Gasteiger partial charge >= 0.3 is 0 Å². The first-order valence-corrected chi connectivity index (χ1v) is 6.35. The first-order valence-electron chi connectivity index (χ1n) is 6.35. The molecule has 0 aliphatic carbocycles. The average Bonchev–Trinajstić information content (AvgIpc) is 2.79. The Bertz CT molecular complexity index is 536. The summed E-state index contributed by atoms with van der Waals surface area (Å²) in [4.78, 5) is 2.25. The van der Waals surface area contributed by atoms with Gasteiger partial charge in [-0.3, -0.25) is 0 Å². The summed E-state index contributed by atoms with van der Waals surface area (Å²) in [6, 6.07) is 8.87. The summed E-state index contributed by atoms with van der Waals surface area (Å²) >= 11 is 0. The first kappa shape index (κ1) is 13.0. The van der Waals surface area contributed by atoms with E-state index in [4.69, 9.17) is 4.74 Å². The summed E-state index contributed by atoms with van der Waals surface area (Å²) in [5.41, 5.74) is 1.26. The molecule has 18 heavy (non-hydrogen) atoms. The van der Waals surface area contributed by atoms with E-state index >= 15 is 0 Å². The molecule has 1 heterocycles. The summed E-state index contributed by atoms with van der Waals surface area (Å²) < 4.78 is 7.59. The largest absolute Gasteiger partial charge is 0.497 e. The van der Waals surface area contributed by atoms with Crippen molar-refractivity contribution in [1.82, 2.24) is 9.47 Å². The van der Waals surface area contributed by atoms with Crippen LogP contribution >= 0.6 is 0 Å². The normalized spacial score (nSPS) is 14.9. The molecule has 1 aromatic heterocycles. The number of hydrogen-bond donors (Lipinski definition) is 0. The SMILES string of the molecule is B[C@H]([C@@H](C)N(C)C)n1ccc2cc(OC)ccc21. The van der Waals surface area contributed by atoms with E-state index in [1.807, 2.05) is 6.07 Å². The number of hydrogen-bond acceptors (Lipinski definition) is 2. The second kappa shape index (κ2) is 5.06. The highest BCUT2D eigenvalue weighted by atomic mass is 16.5. The van der Waals surface area contributed by atoms with Crippen molar-refractivity contribution in [3.8, 4) is 5.75 Å². The highest BCUT2D eigenvalue weighted by Gasteiger charge is 2.17. The van der Waals surface area contributed by atoms with Crippen LogP contribution in [0.2, 0.25) is 0 Å². The van der Waals surface area contributed by atoms with E-state index in [9.17, 15) is 0 Å². The highest BCUT2D eigenvalue weighted by molar-refractivity contribution is 6.11. The van der Waals surface area contributed by atoms with Crippen molar-refractivity contribution < 1.29 is 4.74 Å². The number of likely N-dealkylation sites (N-methyl/N-ethyl adjacent to an activating group) is 1. The van der Waals surface area contributed by atoms with Crippen molar-refractivity contribution >= 4 is 18.7 Å². The van der Waals surface area contributed by atoms with Crippen molar-refractivity contribution in [2.75, 3.05) is 21.2 Å². The molecule has 0 saturated carbocycles. The maximum absolute atomic E-state index is 5.26. The molecule has 0 radical (unpaired) electrons. The third-order valence-electron chi connectivity index (χ3n) is 3.88. The lowest BCUT2D eigenvalue weighted by Crippen LogP contribution is -2.34. The summed E-state index contributed by atoms with van der Waals surface area (Å²) in [5, 5.41) is 1.23. The van der Waals surface area contributed by atoms with Gasteiger partial charge in [0.2, 0.25) is 0 Å². The highest BCUT2D eigenvalue weighted by Crippen LogP contribution is 2.25. The molecule has 0 saturated heterocycles. The van der Waals surface area contributed by atoms with Gasteiger partial charge in [-0.2, -0.15) is 0 Å².